The highest BCUT2D eigenvalue weighted by atomic mass is 19.1. The Morgan fingerprint density at radius 1 is 1.41 bits per heavy atom. The van der Waals surface area contributed by atoms with Crippen LogP contribution in [-0.4, -0.2) is 12.6 Å². The molecule has 1 aliphatic carbocycles. The molecule has 0 amide bonds. The van der Waals surface area contributed by atoms with Gasteiger partial charge in [-0.1, -0.05) is 12.5 Å². The van der Waals surface area contributed by atoms with Crippen LogP contribution < -0.4 is 10.5 Å². The molecule has 1 saturated carbocycles. The summed E-state index contributed by atoms with van der Waals surface area (Å²) in [6.07, 6.45) is 4.53. The van der Waals surface area contributed by atoms with Gasteiger partial charge in [0, 0.05) is 12.1 Å². The van der Waals surface area contributed by atoms with Gasteiger partial charge in [0.05, 0.1) is 6.61 Å². The molecule has 2 N–H and O–H groups in total. The van der Waals surface area contributed by atoms with Gasteiger partial charge in [-0.15, -0.1) is 0 Å². The van der Waals surface area contributed by atoms with Crippen LogP contribution in [0.2, 0.25) is 0 Å². The molecular weight excluding hydrogens is 217 g/mol. The zero-order chi connectivity index (χ0) is 12.3. The lowest BCUT2D eigenvalue weighted by molar-refractivity contribution is 0.268. The third-order valence-electron chi connectivity index (χ3n) is 3.61. The van der Waals surface area contributed by atoms with Crippen LogP contribution in [0.3, 0.4) is 0 Å². The maximum Gasteiger partial charge on any atom is 0.126 e. The highest BCUT2D eigenvalue weighted by molar-refractivity contribution is 5.32. The van der Waals surface area contributed by atoms with Crippen LogP contribution in [0.1, 0.15) is 31.2 Å². The van der Waals surface area contributed by atoms with Crippen molar-refractivity contribution in [1.82, 2.24) is 0 Å². The quantitative estimate of drug-likeness (QED) is 0.873. The van der Waals surface area contributed by atoms with Crippen molar-refractivity contribution in [2.45, 2.75) is 38.6 Å². The summed E-state index contributed by atoms with van der Waals surface area (Å²) in [5.41, 5.74) is 6.97. The number of rotatable bonds is 4. The first-order valence-electron chi connectivity index (χ1n) is 6.31. The Kier molecular flexibility index (Phi) is 4.00. The van der Waals surface area contributed by atoms with Gasteiger partial charge in [0.2, 0.25) is 0 Å². The molecule has 0 aliphatic heterocycles. The molecule has 0 heterocycles. The van der Waals surface area contributed by atoms with Gasteiger partial charge in [0.25, 0.3) is 0 Å². The Morgan fingerprint density at radius 3 is 2.94 bits per heavy atom. The summed E-state index contributed by atoms with van der Waals surface area (Å²) in [4.78, 5) is 0. The zero-order valence-corrected chi connectivity index (χ0v) is 10.3. The summed E-state index contributed by atoms with van der Waals surface area (Å²) in [5, 5.41) is 0. The minimum atomic E-state index is -0.247. The van der Waals surface area contributed by atoms with E-state index in [1.165, 1.54) is 25.0 Å². The first-order valence-corrected chi connectivity index (χ1v) is 6.31. The number of ether oxygens (including phenoxy) is 1. The molecule has 2 atom stereocenters. The fraction of sp³-hybridized carbons (Fsp3) is 0.571. The zero-order valence-electron chi connectivity index (χ0n) is 10.3. The van der Waals surface area contributed by atoms with Gasteiger partial charge in [0.1, 0.15) is 11.6 Å². The first-order chi connectivity index (χ1) is 8.16. The lowest BCUT2D eigenvalue weighted by Crippen LogP contribution is -2.25. The van der Waals surface area contributed by atoms with E-state index in [2.05, 4.69) is 0 Å². The second-order valence-corrected chi connectivity index (χ2v) is 4.90. The molecule has 1 aromatic rings. The maximum absolute atomic E-state index is 13.0. The Labute approximate surface area is 102 Å². The van der Waals surface area contributed by atoms with Crippen LogP contribution in [0.5, 0.6) is 5.75 Å². The summed E-state index contributed by atoms with van der Waals surface area (Å²) in [6.45, 7) is 2.55. The van der Waals surface area contributed by atoms with Crippen LogP contribution in [0.15, 0.2) is 18.2 Å². The summed E-state index contributed by atoms with van der Waals surface area (Å²) >= 11 is 0. The number of hydrogen-bond acceptors (Lipinski definition) is 2. The molecule has 0 bridgehead atoms. The SMILES string of the molecule is Cc1ccc(F)cc1OCCC1CCCC1N. The van der Waals surface area contributed by atoms with Gasteiger partial charge in [-0.2, -0.15) is 0 Å². The molecule has 94 valence electrons. The number of aryl methyl sites for hydroxylation is 1. The molecule has 1 aromatic carbocycles. The predicted octanol–water partition coefficient (Wildman–Crippen LogP) is 3.03. The van der Waals surface area contributed by atoms with E-state index in [0.29, 0.717) is 24.3 Å². The molecule has 0 saturated heterocycles. The van der Waals surface area contributed by atoms with E-state index in [4.69, 9.17) is 10.5 Å². The summed E-state index contributed by atoms with van der Waals surface area (Å²) < 4.78 is 18.7. The van der Waals surface area contributed by atoms with Gasteiger partial charge < -0.3 is 10.5 Å². The second kappa shape index (κ2) is 5.50. The van der Waals surface area contributed by atoms with E-state index < -0.39 is 0 Å². The average Bonchev–Trinajstić information content (AvgIpc) is 2.70. The molecule has 3 heteroatoms. The highest BCUT2D eigenvalue weighted by Gasteiger charge is 2.23. The number of hydrogen-bond donors (Lipinski definition) is 1. The smallest absolute Gasteiger partial charge is 0.126 e. The van der Waals surface area contributed by atoms with Crippen LogP contribution in [0.25, 0.3) is 0 Å². The standard InChI is InChI=1S/C14H20FNO/c1-10-5-6-12(15)9-14(10)17-8-7-11-3-2-4-13(11)16/h5-6,9,11,13H,2-4,7-8,16H2,1H3. The number of benzene rings is 1. The van der Waals surface area contributed by atoms with Crippen molar-refractivity contribution in [3.63, 3.8) is 0 Å². The minimum Gasteiger partial charge on any atom is -0.493 e. The number of halogens is 1. The van der Waals surface area contributed by atoms with Crippen LogP contribution in [0, 0.1) is 18.7 Å². The van der Waals surface area contributed by atoms with Gasteiger partial charge in [-0.3, -0.25) is 0 Å². The summed E-state index contributed by atoms with van der Waals surface area (Å²) in [7, 11) is 0. The van der Waals surface area contributed by atoms with Crippen molar-refractivity contribution in [1.29, 1.82) is 0 Å². The van der Waals surface area contributed by atoms with E-state index in [1.807, 2.05) is 6.92 Å². The molecule has 17 heavy (non-hydrogen) atoms. The molecule has 1 aliphatic rings. The van der Waals surface area contributed by atoms with Crippen molar-refractivity contribution < 1.29 is 9.13 Å². The highest BCUT2D eigenvalue weighted by Crippen LogP contribution is 2.27. The van der Waals surface area contributed by atoms with Crippen LogP contribution in [-0.2, 0) is 0 Å². The molecule has 2 rings (SSSR count). The third-order valence-corrected chi connectivity index (χ3v) is 3.61. The topological polar surface area (TPSA) is 35.2 Å². The molecule has 2 nitrogen and oxygen atoms in total. The average molecular weight is 237 g/mol. The summed E-state index contributed by atoms with van der Waals surface area (Å²) in [6, 6.07) is 4.97. The van der Waals surface area contributed by atoms with Crippen LogP contribution >= 0.6 is 0 Å². The molecule has 0 spiro atoms. The minimum absolute atomic E-state index is 0.247. The van der Waals surface area contributed by atoms with Gasteiger partial charge in [-0.25, -0.2) is 4.39 Å². The normalized spacial score (nSPS) is 23.9. The predicted molar refractivity (Wildman–Crippen MR) is 66.6 cm³/mol. The summed E-state index contributed by atoms with van der Waals surface area (Å²) in [5.74, 6) is 0.976. The monoisotopic (exact) mass is 237 g/mol. The fourth-order valence-corrected chi connectivity index (χ4v) is 2.47. The van der Waals surface area contributed by atoms with E-state index in [-0.39, 0.29) is 5.82 Å². The Hall–Kier alpha value is -1.09. The largest absolute Gasteiger partial charge is 0.493 e. The van der Waals surface area contributed by atoms with Crippen molar-refractivity contribution >= 4 is 0 Å². The van der Waals surface area contributed by atoms with Crippen molar-refractivity contribution in [3.8, 4) is 5.75 Å². The van der Waals surface area contributed by atoms with E-state index in [0.717, 1.165) is 18.4 Å². The molecular formula is C14H20FNO. The fourth-order valence-electron chi connectivity index (χ4n) is 2.47. The van der Waals surface area contributed by atoms with E-state index >= 15 is 0 Å². The van der Waals surface area contributed by atoms with Crippen molar-refractivity contribution in [2.75, 3.05) is 6.61 Å². The van der Waals surface area contributed by atoms with E-state index in [1.54, 1.807) is 6.07 Å². The van der Waals surface area contributed by atoms with Crippen molar-refractivity contribution in [3.05, 3.63) is 29.6 Å². The van der Waals surface area contributed by atoms with Gasteiger partial charge in [-0.05, 0) is 43.7 Å². The maximum atomic E-state index is 13.0. The molecule has 0 aromatic heterocycles. The first kappa shape index (κ1) is 12.4. The third kappa shape index (κ3) is 3.19. The lowest BCUT2D eigenvalue weighted by Gasteiger charge is -2.16. The second-order valence-electron chi connectivity index (χ2n) is 4.90. The molecule has 2 unspecified atom stereocenters. The number of nitrogens with two attached hydrogens (primary N) is 1. The Morgan fingerprint density at radius 2 is 2.24 bits per heavy atom. The van der Waals surface area contributed by atoms with Crippen LogP contribution in [0.4, 0.5) is 4.39 Å². The molecule has 0 radical (unpaired) electrons. The molecule has 1 fully saturated rings. The van der Waals surface area contributed by atoms with Gasteiger partial charge >= 0.3 is 0 Å². The Bertz CT molecular complexity index is 380. The van der Waals surface area contributed by atoms with E-state index in [9.17, 15) is 4.39 Å². The van der Waals surface area contributed by atoms with Gasteiger partial charge in [0.15, 0.2) is 0 Å². The Balaban J connectivity index is 1.83. The lowest BCUT2D eigenvalue weighted by atomic mass is 10.0. The van der Waals surface area contributed by atoms with Crippen molar-refractivity contribution in [2.24, 2.45) is 11.7 Å².